The van der Waals surface area contributed by atoms with Crippen molar-refractivity contribution in [2.45, 2.75) is 19.4 Å². The number of nitrogens with one attached hydrogen (secondary N) is 2. The van der Waals surface area contributed by atoms with Crippen LogP contribution in [0.4, 0.5) is 10.1 Å². The van der Waals surface area contributed by atoms with Gasteiger partial charge in [0, 0.05) is 25.0 Å². The average molecular weight is 405 g/mol. The van der Waals surface area contributed by atoms with Gasteiger partial charge in [-0.05, 0) is 62.2 Å². The second kappa shape index (κ2) is 9.61. The van der Waals surface area contributed by atoms with Crippen molar-refractivity contribution >= 4 is 29.1 Å². The fourth-order valence-electron chi connectivity index (χ4n) is 3.15. The Morgan fingerprint density at radius 3 is 2.64 bits per heavy atom. The highest BCUT2D eigenvalue weighted by molar-refractivity contribution is 6.39. The van der Waals surface area contributed by atoms with Gasteiger partial charge in [-0.2, -0.15) is 0 Å². The summed E-state index contributed by atoms with van der Waals surface area (Å²) >= 11 is 5.67. The summed E-state index contributed by atoms with van der Waals surface area (Å²) < 4.78 is 13.1. The van der Waals surface area contributed by atoms with Crippen LogP contribution >= 0.6 is 11.6 Å². The summed E-state index contributed by atoms with van der Waals surface area (Å²) in [6.45, 7) is 3.13. The van der Waals surface area contributed by atoms with Crippen LogP contribution in [0.5, 0.6) is 0 Å². The summed E-state index contributed by atoms with van der Waals surface area (Å²) in [4.78, 5) is 30.6. The molecule has 1 aromatic heterocycles. The van der Waals surface area contributed by atoms with Crippen LogP contribution in [0.1, 0.15) is 18.5 Å². The molecule has 1 aliphatic heterocycles. The molecule has 6 nitrogen and oxygen atoms in total. The molecule has 2 N–H and O–H groups in total. The predicted molar refractivity (Wildman–Crippen MR) is 105 cm³/mol. The molecular weight excluding hydrogens is 383 g/mol. The van der Waals surface area contributed by atoms with Crippen molar-refractivity contribution in [2.24, 2.45) is 5.92 Å². The number of anilines is 1. The second-order valence-corrected chi connectivity index (χ2v) is 7.24. The molecule has 2 aromatic rings. The van der Waals surface area contributed by atoms with E-state index in [1.807, 2.05) is 18.2 Å². The molecule has 2 heterocycles. The van der Waals surface area contributed by atoms with Crippen LogP contribution in [-0.4, -0.2) is 41.3 Å². The fourth-order valence-corrected chi connectivity index (χ4v) is 3.33. The summed E-state index contributed by atoms with van der Waals surface area (Å²) in [6.07, 6.45) is 3.69. The van der Waals surface area contributed by atoms with E-state index in [0.29, 0.717) is 12.5 Å². The number of carbonyl (C=O) groups is 2. The number of nitrogens with zero attached hydrogens (tertiary/aromatic N) is 2. The molecule has 8 heteroatoms. The minimum atomic E-state index is -0.796. The van der Waals surface area contributed by atoms with Gasteiger partial charge in [0.2, 0.25) is 0 Å². The van der Waals surface area contributed by atoms with Gasteiger partial charge in [0.05, 0.1) is 10.7 Å². The third-order valence-corrected chi connectivity index (χ3v) is 5.04. The van der Waals surface area contributed by atoms with Gasteiger partial charge in [-0.15, -0.1) is 0 Å². The minimum Gasteiger partial charge on any atom is -0.348 e. The lowest BCUT2D eigenvalue weighted by Gasteiger charge is -2.31. The summed E-state index contributed by atoms with van der Waals surface area (Å²) in [7, 11) is 0. The zero-order valence-electron chi connectivity index (χ0n) is 15.3. The number of aromatic nitrogens is 1. The molecule has 28 heavy (non-hydrogen) atoms. The monoisotopic (exact) mass is 404 g/mol. The van der Waals surface area contributed by atoms with Gasteiger partial charge in [-0.25, -0.2) is 4.39 Å². The largest absolute Gasteiger partial charge is 0.348 e. The highest BCUT2D eigenvalue weighted by Gasteiger charge is 2.21. The first-order chi connectivity index (χ1) is 13.5. The van der Waals surface area contributed by atoms with Crippen LogP contribution in [-0.2, 0) is 16.1 Å². The second-order valence-electron chi connectivity index (χ2n) is 6.83. The Morgan fingerprint density at radius 2 is 1.96 bits per heavy atom. The number of carbonyl (C=O) groups excluding carboxylic acids is 2. The number of piperidine rings is 1. The molecule has 148 valence electrons. The molecule has 1 fully saturated rings. The van der Waals surface area contributed by atoms with Crippen LogP contribution in [0.25, 0.3) is 0 Å². The molecule has 0 atom stereocenters. The Kier molecular flexibility index (Phi) is 6.95. The Labute approximate surface area is 168 Å². The number of hydrogen-bond donors (Lipinski definition) is 2. The number of hydrogen-bond acceptors (Lipinski definition) is 4. The van der Waals surface area contributed by atoms with E-state index in [4.69, 9.17) is 11.6 Å². The van der Waals surface area contributed by atoms with Gasteiger partial charge in [0.15, 0.2) is 0 Å². The van der Waals surface area contributed by atoms with Crippen LogP contribution in [0, 0.1) is 11.7 Å². The Morgan fingerprint density at radius 1 is 1.18 bits per heavy atom. The van der Waals surface area contributed by atoms with Crippen molar-refractivity contribution in [3.8, 4) is 0 Å². The van der Waals surface area contributed by atoms with Gasteiger partial charge in [-0.3, -0.25) is 19.5 Å². The maximum atomic E-state index is 13.1. The molecule has 1 saturated heterocycles. The predicted octanol–water partition coefficient (Wildman–Crippen LogP) is 2.84. The fraction of sp³-hybridized carbons (Fsp3) is 0.350. The number of likely N-dealkylation sites (tertiary alicyclic amines) is 1. The number of benzene rings is 1. The SMILES string of the molecule is O=C(NCC1CCN(Cc2ccccn2)CC1)C(=O)Nc1ccc(F)c(Cl)c1. The summed E-state index contributed by atoms with van der Waals surface area (Å²) in [5, 5.41) is 4.97. The first-order valence-corrected chi connectivity index (χ1v) is 9.55. The Hall–Kier alpha value is -2.51. The van der Waals surface area contributed by atoms with Gasteiger partial charge in [0.1, 0.15) is 5.82 Å². The van der Waals surface area contributed by atoms with Crippen LogP contribution in [0.15, 0.2) is 42.6 Å². The smallest absolute Gasteiger partial charge is 0.313 e. The van der Waals surface area contributed by atoms with E-state index in [0.717, 1.165) is 44.2 Å². The van der Waals surface area contributed by atoms with Gasteiger partial charge in [0.25, 0.3) is 0 Å². The number of amides is 2. The van der Waals surface area contributed by atoms with Crippen LogP contribution in [0.3, 0.4) is 0 Å². The van der Waals surface area contributed by atoms with E-state index in [-0.39, 0.29) is 10.7 Å². The summed E-state index contributed by atoms with van der Waals surface area (Å²) in [6, 6.07) is 9.64. The Balaban J connectivity index is 1.39. The van der Waals surface area contributed by atoms with E-state index < -0.39 is 17.6 Å². The van der Waals surface area contributed by atoms with Crippen molar-refractivity contribution in [3.63, 3.8) is 0 Å². The first-order valence-electron chi connectivity index (χ1n) is 9.18. The molecule has 0 radical (unpaired) electrons. The van der Waals surface area contributed by atoms with E-state index in [1.54, 1.807) is 6.20 Å². The molecule has 0 aliphatic carbocycles. The molecule has 2 amide bonds. The topological polar surface area (TPSA) is 74.3 Å². The molecular formula is C20H22ClFN4O2. The van der Waals surface area contributed by atoms with Crippen LogP contribution < -0.4 is 10.6 Å². The highest BCUT2D eigenvalue weighted by atomic mass is 35.5. The zero-order chi connectivity index (χ0) is 19.9. The molecule has 0 spiro atoms. The number of pyridine rings is 1. The Bertz CT molecular complexity index is 826. The summed E-state index contributed by atoms with van der Waals surface area (Å²) in [5.74, 6) is -1.76. The lowest BCUT2D eigenvalue weighted by molar-refractivity contribution is -0.136. The number of halogens is 2. The van der Waals surface area contributed by atoms with Crippen molar-refractivity contribution in [1.29, 1.82) is 0 Å². The zero-order valence-corrected chi connectivity index (χ0v) is 16.1. The standard InChI is InChI=1S/C20H22ClFN4O2/c21-17-11-15(4-5-18(17)22)25-20(28)19(27)24-12-14-6-9-26(10-7-14)13-16-3-1-2-8-23-16/h1-5,8,11,14H,6-7,9-10,12-13H2,(H,24,27)(H,25,28). The molecule has 0 bridgehead atoms. The van der Waals surface area contributed by atoms with Crippen molar-refractivity contribution in [1.82, 2.24) is 15.2 Å². The van der Waals surface area contributed by atoms with Crippen molar-refractivity contribution in [3.05, 3.63) is 59.1 Å². The maximum Gasteiger partial charge on any atom is 0.313 e. The quantitative estimate of drug-likeness (QED) is 0.751. The van der Waals surface area contributed by atoms with Gasteiger partial charge < -0.3 is 10.6 Å². The first kappa shape index (κ1) is 20.2. The van der Waals surface area contributed by atoms with E-state index in [2.05, 4.69) is 20.5 Å². The lowest BCUT2D eigenvalue weighted by Crippen LogP contribution is -2.41. The lowest BCUT2D eigenvalue weighted by atomic mass is 9.96. The molecule has 1 aliphatic rings. The van der Waals surface area contributed by atoms with Crippen LogP contribution in [0.2, 0.25) is 5.02 Å². The average Bonchev–Trinajstić information content (AvgIpc) is 2.71. The third kappa shape index (κ3) is 5.74. The van der Waals surface area contributed by atoms with Gasteiger partial charge in [-0.1, -0.05) is 17.7 Å². The molecule has 3 rings (SSSR count). The van der Waals surface area contributed by atoms with Crippen molar-refractivity contribution < 1.29 is 14.0 Å². The van der Waals surface area contributed by atoms with Crippen molar-refractivity contribution in [2.75, 3.05) is 25.0 Å². The number of rotatable bonds is 5. The molecule has 1 aromatic carbocycles. The summed E-state index contributed by atoms with van der Waals surface area (Å²) in [5.41, 5.74) is 1.32. The normalized spacial score (nSPS) is 15.2. The van der Waals surface area contributed by atoms with E-state index in [1.165, 1.54) is 12.1 Å². The molecule has 0 saturated carbocycles. The third-order valence-electron chi connectivity index (χ3n) is 4.75. The van der Waals surface area contributed by atoms with E-state index >= 15 is 0 Å². The minimum absolute atomic E-state index is 0.115. The van der Waals surface area contributed by atoms with Gasteiger partial charge >= 0.3 is 11.8 Å². The maximum absolute atomic E-state index is 13.1. The highest BCUT2D eigenvalue weighted by Crippen LogP contribution is 2.20. The molecule has 0 unspecified atom stereocenters. The van der Waals surface area contributed by atoms with E-state index in [9.17, 15) is 14.0 Å².